The first-order valence-corrected chi connectivity index (χ1v) is 7.99. The average molecular weight is 291 g/mol. The number of thiazole rings is 1. The predicted octanol–water partition coefficient (Wildman–Crippen LogP) is 2.59. The van der Waals surface area contributed by atoms with Crippen molar-refractivity contribution in [3.05, 3.63) is 47.2 Å². The monoisotopic (exact) mass is 291 g/mol. The molecule has 3 aromatic rings. The lowest BCUT2D eigenvalue weighted by molar-refractivity contribution is 0.682. The number of hydrogen-bond acceptors (Lipinski definition) is 4. The van der Waals surface area contributed by atoms with Crippen LogP contribution in [0.4, 0.5) is 5.69 Å². The Morgan fingerprint density at radius 3 is 3.11 bits per heavy atom. The number of benzene rings is 1. The quantitative estimate of drug-likeness (QED) is 0.755. The number of aryl methyl sites for hydroxylation is 1. The van der Waals surface area contributed by atoms with Gasteiger partial charge >= 0.3 is 0 Å². The number of hydrogen-bond donors (Lipinski definition) is 1. The summed E-state index contributed by atoms with van der Waals surface area (Å²) in [4.78, 5) is 6.16. The van der Waals surface area contributed by atoms with Crippen LogP contribution in [0, 0.1) is 6.92 Å². The van der Waals surface area contributed by atoms with Gasteiger partial charge in [0.2, 0.25) is 0 Å². The molecule has 0 saturated carbocycles. The van der Waals surface area contributed by atoms with Gasteiger partial charge in [0.15, 0.2) is 4.96 Å². The van der Waals surface area contributed by atoms with Crippen LogP contribution in [0.5, 0.6) is 0 Å². The van der Waals surface area contributed by atoms with Gasteiger partial charge in [-0.05, 0) is 24.6 Å². The third-order valence-corrected chi connectivity index (χ3v) is 5.14. The molecule has 0 aliphatic rings. The van der Waals surface area contributed by atoms with E-state index in [2.05, 4.69) is 4.98 Å². The summed E-state index contributed by atoms with van der Waals surface area (Å²) in [5.74, 6) is 0.415. The first kappa shape index (κ1) is 12.4. The van der Waals surface area contributed by atoms with Crippen molar-refractivity contribution in [3.8, 4) is 0 Å². The Morgan fingerprint density at radius 1 is 1.47 bits per heavy atom. The Bertz CT molecular complexity index is 732. The molecular formula is C13H13N3OS2. The zero-order valence-corrected chi connectivity index (χ0v) is 12.0. The smallest absolute Gasteiger partial charge is 0.193 e. The van der Waals surface area contributed by atoms with Crippen molar-refractivity contribution < 1.29 is 4.21 Å². The van der Waals surface area contributed by atoms with Gasteiger partial charge < -0.3 is 5.73 Å². The van der Waals surface area contributed by atoms with Gasteiger partial charge in [0.25, 0.3) is 0 Å². The number of aromatic nitrogens is 2. The summed E-state index contributed by atoms with van der Waals surface area (Å²) in [5.41, 5.74) is 8.22. The SMILES string of the molecule is Cc1ccc(N)cc1S(=O)Cc1cn2ccsc2n1. The molecule has 0 fully saturated rings. The third-order valence-electron chi connectivity index (χ3n) is 2.88. The summed E-state index contributed by atoms with van der Waals surface area (Å²) >= 11 is 1.57. The van der Waals surface area contributed by atoms with E-state index in [1.807, 2.05) is 41.2 Å². The van der Waals surface area contributed by atoms with E-state index in [0.717, 1.165) is 21.1 Å². The lowest BCUT2D eigenvalue weighted by Gasteiger charge is -2.05. The number of fused-ring (bicyclic) bond motifs is 1. The molecule has 3 rings (SSSR count). The molecule has 1 aromatic carbocycles. The van der Waals surface area contributed by atoms with E-state index in [0.29, 0.717) is 11.4 Å². The molecular weight excluding hydrogens is 278 g/mol. The zero-order valence-electron chi connectivity index (χ0n) is 10.4. The van der Waals surface area contributed by atoms with Crippen LogP contribution >= 0.6 is 11.3 Å². The highest BCUT2D eigenvalue weighted by Gasteiger charge is 2.11. The van der Waals surface area contributed by atoms with Crippen LogP contribution in [-0.4, -0.2) is 13.6 Å². The Hall–Kier alpha value is -1.66. The van der Waals surface area contributed by atoms with E-state index >= 15 is 0 Å². The number of nitrogens with zero attached hydrogens (tertiary/aromatic N) is 2. The minimum absolute atomic E-state index is 0.415. The average Bonchev–Trinajstić information content (AvgIpc) is 2.92. The predicted molar refractivity (Wildman–Crippen MR) is 78.8 cm³/mol. The molecule has 0 amide bonds. The van der Waals surface area contributed by atoms with Crippen molar-refractivity contribution in [2.75, 3.05) is 5.73 Å². The second-order valence-corrected chi connectivity index (χ2v) is 6.63. The second-order valence-electron chi connectivity index (χ2n) is 4.34. The molecule has 2 heterocycles. The van der Waals surface area contributed by atoms with Gasteiger partial charge in [-0.15, -0.1) is 11.3 Å². The fourth-order valence-corrected chi connectivity index (χ4v) is 3.90. The molecule has 19 heavy (non-hydrogen) atoms. The van der Waals surface area contributed by atoms with Crippen molar-refractivity contribution >= 4 is 32.8 Å². The Balaban J connectivity index is 1.88. The normalized spacial score (nSPS) is 12.9. The minimum atomic E-state index is -1.12. The molecule has 0 spiro atoms. The third kappa shape index (κ3) is 2.41. The summed E-state index contributed by atoms with van der Waals surface area (Å²) in [6, 6.07) is 5.50. The van der Waals surface area contributed by atoms with E-state index < -0.39 is 10.8 Å². The van der Waals surface area contributed by atoms with Gasteiger partial charge in [0.05, 0.1) is 22.2 Å². The van der Waals surface area contributed by atoms with Crippen molar-refractivity contribution in [3.63, 3.8) is 0 Å². The highest BCUT2D eigenvalue weighted by Crippen LogP contribution is 2.20. The maximum absolute atomic E-state index is 12.4. The number of nitrogens with two attached hydrogens (primary N) is 1. The van der Waals surface area contributed by atoms with E-state index in [9.17, 15) is 4.21 Å². The maximum Gasteiger partial charge on any atom is 0.193 e. The second kappa shape index (κ2) is 4.79. The van der Waals surface area contributed by atoms with E-state index in [4.69, 9.17) is 5.73 Å². The van der Waals surface area contributed by atoms with E-state index in [1.165, 1.54) is 0 Å². The summed E-state index contributed by atoms with van der Waals surface area (Å²) in [6.45, 7) is 1.94. The molecule has 0 aliphatic heterocycles. The molecule has 0 bridgehead atoms. The molecule has 0 radical (unpaired) electrons. The summed E-state index contributed by atoms with van der Waals surface area (Å²) in [5, 5.41) is 1.98. The molecule has 98 valence electrons. The Labute approximate surface area is 117 Å². The van der Waals surface area contributed by atoms with Crippen molar-refractivity contribution in [1.29, 1.82) is 0 Å². The molecule has 0 saturated heterocycles. The zero-order chi connectivity index (χ0) is 13.4. The molecule has 2 aromatic heterocycles. The molecule has 4 nitrogen and oxygen atoms in total. The van der Waals surface area contributed by atoms with Gasteiger partial charge in [0, 0.05) is 28.4 Å². The lowest BCUT2D eigenvalue weighted by Crippen LogP contribution is -2.00. The highest BCUT2D eigenvalue weighted by atomic mass is 32.2. The van der Waals surface area contributed by atoms with Crippen LogP contribution in [0.2, 0.25) is 0 Å². The topological polar surface area (TPSA) is 60.4 Å². The fraction of sp³-hybridized carbons (Fsp3) is 0.154. The molecule has 0 aliphatic carbocycles. The van der Waals surface area contributed by atoms with E-state index in [-0.39, 0.29) is 0 Å². The number of imidazole rings is 1. The standard InChI is InChI=1S/C13H13N3OS2/c1-9-2-3-10(14)6-12(9)19(17)8-11-7-16-4-5-18-13(16)15-11/h2-7H,8,14H2,1H3. The van der Waals surface area contributed by atoms with Crippen LogP contribution in [0.1, 0.15) is 11.3 Å². The van der Waals surface area contributed by atoms with Crippen LogP contribution < -0.4 is 5.73 Å². The van der Waals surface area contributed by atoms with E-state index in [1.54, 1.807) is 17.4 Å². The number of nitrogen functional groups attached to an aromatic ring is 1. The largest absolute Gasteiger partial charge is 0.399 e. The first-order valence-electron chi connectivity index (χ1n) is 5.79. The lowest BCUT2D eigenvalue weighted by atomic mass is 10.2. The Morgan fingerprint density at radius 2 is 2.32 bits per heavy atom. The molecule has 1 atom stereocenters. The van der Waals surface area contributed by atoms with Gasteiger partial charge in [-0.1, -0.05) is 6.07 Å². The summed E-state index contributed by atoms with van der Waals surface area (Å²) in [7, 11) is -1.12. The van der Waals surface area contributed by atoms with Crippen LogP contribution in [-0.2, 0) is 16.6 Å². The van der Waals surface area contributed by atoms with Crippen LogP contribution in [0.15, 0.2) is 40.9 Å². The molecule has 1 unspecified atom stereocenters. The molecule has 2 N–H and O–H groups in total. The van der Waals surface area contributed by atoms with Gasteiger partial charge in [-0.3, -0.25) is 8.61 Å². The minimum Gasteiger partial charge on any atom is -0.399 e. The van der Waals surface area contributed by atoms with Crippen LogP contribution in [0.25, 0.3) is 4.96 Å². The summed E-state index contributed by atoms with van der Waals surface area (Å²) in [6.07, 6.45) is 3.87. The van der Waals surface area contributed by atoms with Gasteiger partial charge in [0.1, 0.15) is 0 Å². The van der Waals surface area contributed by atoms with Gasteiger partial charge in [-0.2, -0.15) is 0 Å². The fourth-order valence-electron chi connectivity index (χ4n) is 1.92. The van der Waals surface area contributed by atoms with Crippen molar-refractivity contribution in [2.45, 2.75) is 17.6 Å². The number of rotatable bonds is 3. The highest BCUT2D eigenvalue weighted by molar-refractivity contribution is 7.84. The number of anilines is 1. The van der Waals surface area contributed by atoms with Crippen molar-refractivity contribution in [1.82, 2.24) is 9.38 Å². The van der Waals surface area contributed by atoms with Crippen molar-refractivity contribution in [2.24, 2.45) is 0 Å². The van der Waals surface area contributed by atoms with Crippen LogP contribution in [0.3, 0.4) is 0 Å². The first-order chi connectivity index (χ1) is 9.13. The van der Waals surface area contributed by atoms with Gasteiger partial charge in [-0.25, -0.2) is 4.98 Å². The summed E-state index contributed by atoms with van der Waals surface area (Å²) < 4.78 is 14.3. The Kier molecular flexibility index (Phi) is 3.12. The molecule has 6 heteroatoms. The maximum atomic E-state index is 12.4.